The zero-order valence-corrected chi connectivity index (χ0v) is 13.4. The molecule has 2 aromatic heterocycles. The van der Waals surface area contributed by atoms with Crippen molar-refractivity contribution in [2.24, 2.45) is 7.05 Å². The highest BCUT2D eigenvalue weighted by Gasteiger charge is 2.25. The Kier molecular flexibility index (Phi) is 4.10. The monoisotopic (exact) mass is 338 g/mol. The van der Waals surface area contributed by atoms with Gasteiger partial charge in [-0.2, -0.15) is 0 Å². The van der Waals surface area contributed by atoms with Gasteiger partial charge in [-0.25, -0.2) is 4.98 Å². The molecule has 0 amide bonds. The smallest absolute Gasteiger partial charge is 0.141 e. The Balaban J connectivity index is 1.89. The quantitative estimate of drug-likeness (QED) is 0.635. The van der Waals surface area contributed by atoms with Gasteiger partial charge in [0, 0.05) is 31.7 Å². The first kappa shape index (κ1) is 14.0. The van der Waals surface area contributed by atoms with E-state index in [4.69, 9.17) is 9.47 Å². The van der Waals surface area contributed by atoms with Gasteiger partial charge in [0.2, 0.25) is 0 Å². The van der Waals surface area contributed by atoms with Crippen LogP contribution in [0.4, 0.5) is 0 Å². The van der Waals surface area contributed by atoms with Crippen molar-refractivity contribution in [3.8, 4) is 0 Å². The van der Waals surface area contributed by atoms with Crippen molar-refractivity contribution in [2.75, 3.05) is 20.3 Å². The summed E-state index contributed by atoms with van der Waals surface area (Å²) in [6.07, 6.45) is 3.39. The van der Waals surface area contributed by atoms with Gasteiger partial charge < -0.3 is 14.0 Å². The summed E-state index contributed by atoms with van der Waals surface area (Å²) in [5, 5.41) is 1.26. The van der Waals surface area contributed by atoms with Crippen LogP contribution in [0.2, 0.25) is 0 Å². The van der Waals surface area contributed by atoms with Gasteiger partial charge in [0.05, 0.1) is 19.3 Å². The summed E-state index contributed by atoms with van der Waals surface area (Å²) < 4.78 is 14.1. The highest BCUT2D eigenvalue weighted by molar-refractivity contribution is 9.10. The molecule has 0 radical (unpaired) electrons. The minimum atomic E-state index is 0.298. The Labute approximate surface area is 127 Å². The minimum absolute atomic E-state index is 0.298. The zero-order chi connectivity index (χ0) is 14.1. The fourth-order valence-electron chi connectivity index (χ4n) is 3.02. The van der Waals surface area contributed by atoms with Gasteiger partial charge in [0.15, 0.2) is 0 Å². The molecular weight excluding hydrogens is 320 g/mol. The SMILES string of the molecule is COCCOC1CCc2c(c3ccc(Br)nc3n2C)C1. The second kappa shape index (κ2) is 5.84. The van der Waals surface area contributed by atoms with E-state index in [2.05, 4.69) is 38.6 Å². The van der Waals surface area contributed by atoms with E-state index in [1.165, 1.54) is 16.6 Å². The molecule has 0 aromatic carbocycles. The summed E-state index contributed by atoms with van der Waals surface area (Å²) >= 11 is 3.45. The van der Waals surface area contributed by atoms with Gasteiger partial charge >= 0.3 is 0 Å². The van der Waals surface area contributed by atoms with Crippen LogP contribution in [0.3, 0.4) is 0 Å². The van der Waals surface area contributed by atoms with E-state index in [0.29, 0.717) is 19.3 Å². The van der Waals surface area contributed by atoms with E-state index >= 15 is 0 Å². The van der Waals surface area contributed by atoms with E-state index in [1.54, 1.807) is 7.11 Å². The number of rotatable bonds is 4. The number of aryl methyl sites for hydroxylation is 1. The van der Waals surface area contributed by atoms with Crippen LogP contribution in [0.25, 0.3) is 11.0 Å². The number of methoxy groups -OCH3 is 1. The van der Waals surface area contributed by atoms with E-state index in [-0.39, 0.29) is 0 Å². The lowest BCUT2D eigenvalue weighted by atomic mass is 9.93. The maximum absolute atomic E-state index is 5.90. The molecule has 108 valence electrons. The Hall–Kier alpha value is -0.910. The molecule has 0 aliphatic heterocycles. The number of pyridine rings is 1. The average Bonchev–Trinajstić information content (AvgIpc) is 2.72. The number of fused-ring (bicyclic) bond motifs is 3. The minimum Gasteiger partial charge on any atom is -0.382 e. The van der Waals surface area contributed by atoms with Crippen LogP contribution >= 0.6 is 15.9 Å². The number of hydrogen-bond acceptors (Lipinski definition) is 3. The molecule has 0 bridgehead atoms. The highest BCUT2D eigenvalue weighted by atomic mass is 79.9. The fourth-order valence-corrected chi connectivity index (χ4v) is 3.32. The lowest BCUT2D eigenvalue weighted by molar-refractivity contribution is 0.0110. The normalized spacial score (nSPS) is 18.4. The molecule has 1 aliphatic carbocycles. The van der Waals surface area contributed by atoms with Gasteiger partial charge in [-0.05, 0) is 46.5 Å². The first-order chi connectivity index (χ1) is 9.70. The molecule has 0 N–H and O–H groups in total. The van der Waals surface area contributed by atoms with Crippen LogP contribution in [0.1, 0.15) is 17.7 Å². The largest absolute Gasteiger partial charge is 0.382 e. The lowest BCUT2D eigenvalue weighted by Crippen LogP contribution is -2.24. The maximum atomic E-state index is 5.90. The van der Waals surface area contributed by atoms with Gasteiger partial charge in [-0.1, -0.05) is 0 Å². The molecule has 1 unspecified atom stereocenters. The summed E-state index contributed by atoms with van der Waals surface area (Å²) in [4.78, 5) is 4.60. The summed E-state index contributed by atoms with van der Waals surface area (Å²) in [6, 6.07) is 4.17. The summed E-state index contributed by atoms with van der Waals surface area (Å²) in [5.41, 5.74) is 3.86. The molecule has 0 spiro atoms. The average molecular weight is 339 g/mol. The summed E-state index contributed by atoms with van der Waals surface area (Å²) in [5.74, 6) is 0. The number of halogens is 1. The Morgan fingerprint density at radius 1 is 1.40 bits per heavy atom. The second-order valence-corrected chi connectivity index (χ2v) is 6.03. The Bertz CT molecular complexity index is 624. The molecule has 20 heavy (non-hydrogen) atoms. The van der Waals surface area contributed by atoms with Gasteiger partial charge in [-0.3, -0.25) is 0 Å². The van der Waals surface area contributed by atoms with Crippen molar-refractivity contribution in [1.82, 2.24) is 9.55 Å². The molecule has 4 nitrogen and oxygen atoms in total. The molecule has 1 atom stereocenters. The van der Waals surface area contributed by atoms with E-state index < -0.39 is 0 Å². The summed E-state index contributed by atoms with van der Waals surface area (Å²) in [6.45, 7) is 1.33. The number of hydrogen-bond donors (Lipinski definition) is 0. The van der Waals surface area contributed by atoms with Gasteiger partial charge in [0.1, 0.15) is 10.3 Å². The summed E-state index contributed by atoms with van der Waals surface area (Å²) in [7, 11) is 3.81. The standard InChI is InChI=1S/C15H19BrN2O2/c1-18-13-5-3-10(20-8-7-19-2)9-12(13)11-4-6-14(16)17-15(11)18/h4,6,10H,3,5,7-9H2,1-2H3. The van der Waals surface area contributed by atoms with Gasteiger partial charge in [-0.15, -0.1) is 0 Å². The fraction of sp³-hybridized carbons (Fsp3) is 0.533. The Morgan fingerprint density at radius 2 is 2.25 bits per heavy atom. The number of aromatic nitrogens is 2. The third kappa shape index (κ3) is 2.50. The van der Waals surface area contributed by atoms with E-state index in [9.17, 15) is 0 Å². The molecule has 0 fully saturated rings. The van der Waals surface area contributed by atoms with Crippen molar-refractivity contribution in [3.05, 3.63) is 28.0 Å². The number of ether oxygens (including phenoxy) is 2. The van der Waals surface area contributed by atoms with E-state index in [1.807, 2.05) is 6.07 Å². The second-order valence-electron chi connectivity index (χ2n) is 5.22. The molecular formula is C15H19BrN2O2. The van der Waals surface area contributed by atoms with Crippen molar-refractivity contribution in [2.45, 2.75) is 25.4 Å². The highest BCUT2D eigenvalue weighted by Crippen LogP contribution is 2.32. The Morgan fingerprint density at radius 3 is 3.05 bits per heavy atom. The van der Waals surface area contributed by atoms with Crippen LogP contribution in [-0.4, -0.2) is 36.0 Å². The molecule has 2 aromatic rings. The van der Waals surface area contributed by atoms with Crippen LogP contribution < -0.4 is 0 Å². The molecule has 0 saturated heterocycles. The van der Waals surface area contributed by atoms with E-state index in [0.717, 1.165) is 29.5 Å². The van der Waals surface area contributed by atoms with Crippen molar-refractivity contribution in [3.63, 3.8) is 0 Å². The van der Waals surface area contributed by atoms with Crippen molar-refractivity contribution >= 4 is 27.0 Å². The molecule has 0 saturated carbocycles. The lowest BCUT2D eigenvalue weighted by Gasteiger charge is -2.23. The van der Waals surface area contributed by atoms with Crippen LogP contribution in [0, 0.1) is 0 Å². The maximum Gasteiger partial charge on any atom is 0.141 e. The molecule has 5 heteroatoms. The van der Waals surface area contributed by atoms with Crippen LogP contribution in [0.15, 0.2) is 16.7 Å². The molecule has 2 heterocycles. The molecule has 1 aliphatic rings. The molecule has 3 rings (SSSR count). The van der Waals surface area contributed by atoms with Crippen LogP contribution in [-0.2, 0) is 29.4 Å². The third-order valence-corrected chi connectivity index (χ3v) is 4.45. The number of nitrogens with zero attached hydrogens (tertiary/aromatic N) is 2. The predicted molar refractivity (Wildman–Crippen MR) is 82.1 cm³/mol. The van der Waals surface area contributed by atoms with Crippen molar-refractivity contribution < 1.29 is 9.47 Å². The predicted octanol–water partition coefficient (Wildman–Crippen LogP) is 2.86. The zero-order valence-electron chi connectivity index (χ0n) is 11.9. The van der Waals surface area contributed by atoms with Crippen molar-refractivity contribution in [1.29, 1.82) is 0 Å². The first-order valence-electron chi connectivity index (χ1n) is 6.94. The topological polar surface area (TPSA) is 36.3 Å². The van der Waals surface area contributed by atoms with Gasteiger partial charge in [0.25, 0.3) is 0 Å². The third-order valence-electron chi connectivity index (χ3n) is 4.01. The van der Waals surface area contributed by atoms with Crippen LogP contribution in [0.5, 0.6) is 0 Å². The first-order valence-corrected chi connectivity index (χ1v) is 7.73.